The molecule has 3 aromatic rings. The summed E-state index contributed by atoms with van der Waals surface area (Å²) in [5, 5.41) is 2.47. The number of sulfonamides is 1. The van der Waals surface area contributed by atoms with E-state index in [0.717, 1.165) is 5.56 Å². The molecule has 1 aliphatic rings. The molecule has 6 nitrogen and oxygen atoms in total. The lowest BCUT2D eigenvalue weighted by Gasteiger charge is -2.18. The molecule has 0 spiro atoms. The molecule has 1 amide bonds. The first-order valence-corrected chi connectivity index (χ1v) is 10.1. The normalized spacial score (nSPS) is 13.4. The Balaban J connectivity index is 1.64. The lowest BCUT2D eigenvalue weighted by atomic mass is 10.2. The third kappa shape index (κ3) is 3.05. The molecule has 1 N–H and O–H groups in total. The van der Waals surface area contributed by atoms with Crippen LogP contribution in [-0.2, 0) is 23.5 Å². The zero-order chi connectivity index (χ0) is 19.9. The molecule has 2 heterocycles. The molecular formula is C20H18FN3O3S. The summed E-state index contributed by atoms with van der Waals surface area (Å²) in [7, 11) is -2.23. The van der Waals surface area contributed by atoms with Gasteiger partial charge in [-0.05, 0) is 36.2 Å². The minimum Gasteiger partial charge on any atom is -0.345 e. The fourth-order valence-electron chi connectivity index (χ4n) is 3.33. The Morgan fingerprint density at radius 3 is 2.61 bits per heavy atom. The fraction of sp³-hybridized carbons (Fsp3) is 0.150. The van der Waals surface area contributed by atoms with Crippen molar-refractivity contribution in [2.24, 2.45) is 7.05 Å². The van der Waals surface area contributed by atoms with Crippen molar-refractivity contribution in [2.45, 2.75) is 11.3 Å². The number of nitrogens with one attached hydrogen (secondary N) is 1. The number of hydrogen-bond donors (Lipinski definition) is 1. The summed E-state index contributed by atoms with van der Waals surface area (Å²) in [4.78, 5) is 12.6. The molecular weight excluding hydrogens is 381 g/mol. The van der Waals surface area contributed by atoms with Gasteiger partial charge in [-0.25, -0.2) is 12.8 Å². The Hall–Kier alpha value is -3.13. The summed E-state index contributed by atoms with van der Waals surface area (Å²) >= 11 is 0. The molecule has 2 aromatic carbocycles. The molecule has 0 atom stereocenters. The largest absolute Gasteiger partial charge is 0.345 e. The summed E-state index contributed by atoms with van der Waals surface area (Å²) < 4.78 is 42.8. The van der Waals surface area contributed by atoms with Gasteiger partial charge in [0.05, 0.1) is 11.4 Å². The topological polar surface area (TPSA) is 71.4 Å². The molecule has 28 heavy (non-hydrogen) atoms. The Morgan fingerprint density at radius 1 is 1.11 bits per heavy atom. The lowest BCUT2D eigenvalue weighted by molar-refractivity contribution is 0.101. The summed E-state index contributed by atoms with van der Waals surface area (Å²) in [6, 6.07) is 14.5. The van der Waals surface area contributed by atoms with Crippen molar-refractivity contribution < 1.29 is 17.6 Å². The number of amides is 1. The van der Waals surface area contributed by atoms with Crippen LogP contribution in [0.25, 0.3) is 0 Å². The molecule has 0 fully saturated rings. The SMILES string of the molecule is Cn1cc(S(=O)(=O)N2CCc3ccccc32)cc1C(=O)Nc1ccccc1F. The van der Waals surface area contributed by atoms with Crippen molar-refractivity contribution in [1.82, 2.24) is 4.57 Å². The summed E-state index contributed by atoms with van der Waals surface area (Å²) in [5.41, 5.74) is 1.78. The zero-order valence-corrected chi connectivity index (χ0v) is 15.9. The first-order valence-electron chi connectivity index (χ1n) is 8.71. The molecule has 4 rings (SSSR count). The van der Waals surface area contributed by atoms with Gasteiger partial charge in [0.1, 0.15) is 16.4 Å². The number of carbonyl (C=O) groups excluding carboxylic acids is 1. The second-order valence-corrected chi connectivity index (χ2v) is 8.42. The van der Waals surface area contributed by atoms with Gasteiger partial charge >= 0.3 is 0 Å². The highest BCUT2D eigenvalue weighted by Crippen LogP contribution is 2.33. The number of benzene rings is 2. The number of halogens is 1. The number of aromatic nitrogens is 1. The molecule has 144 valence electrons. The van der Waals surface area contributed by atoms with E-state index in [1.54, 1.807) is 25.2 Å². The molecule has 1 aromatic heterocycles. The minimum absolute atomic E-state index is 0.0189. The number of anilines is 2. The number of fused-ring (bicyclic) bond motifs is 1. The van der Waals surface area contributed by atoms with E-state index in [1.165, 1.54) is 39.3 Å². The third-order valence-electron chi connectivity index (χ3n) is 4.77. The number of nitrogens with zero attached hydrogens (tertiary/aromatic N) is 2. The van der Waals surface area contributed by atoms with Gasteiger partial charge in [0.25, 0.3) is 15.9 Å². The number of carbonyl (C=O) groups is 1. The number of hydrogen-bond acceptors (Lipinski definition) is 3. The van der Waals surface area contributed by atoms with E-state index in [4.69, 9.17) is 0 Å². The molecule has 0 aliphatic carbocycles. The average Bonchev–Trinajstić information content (AvgIpc) is 3.28. The van der Waals surface area contributed by atoms with Crippen molar-refractivity contribution >= 4 is 27.3 Å². The van der Waals surface area contributed by atoms with Crippen molar-refractivity contribution in [2.75, 3.05) is 16.2 Å². The standard InChI is InChI=1S/C20H18FN3O3S/c1-23-13-15(12-19(23)20(25)22-17-8-4-3-7-16(17)21)28(26,27)24-11-10-14-6-2-5-9-18(14)24/h2-9,12-13H,10-11H2,1H3,(H,22,25). The Bertz CT molecular complexity index is 1170. The van der Waals surface area contributed by atoms with Gasteiger partial charge in [-0.15, -0.1) is 0 Å². The summed E-state index contributed by atoms with van der Waals surface area (Å²) in [5.74, 6) is -1.15. The second-order valence-electron chi connectivity index (χ2n) is 6.56. The average molecular weight is 399 g/mol. The van der Waals surface area contributed by atoms with Crippen LogP contribution >= 0.6 is 0 Å². The molecule has 0 radical (unpaired) electrons. The van der Waals surface area contributed by atoms with E-state index in [-0.39, 0.29) is 16.3 Å². The number of rotatable bonds is 4. The van der Waals surface area contributed by atoms with Crippen LogP contribution in [0.15, 0.2) is 65.7 Å². The van der Waals surface area contributed by atoms with E-state index in [1.807, 2.05) is 12.1 Å². The zero-order valence-electron chi connectivity index (χ0n) is 15.1. The van der Waals surface area contributed by atoms with Crippen LogP contribution in [-0.4, -0.2) is 25.4 Å². The van der Waals surface area contributed by atoms with Gasteiger partial charge in [-0.1, -0.05) is 30.3 Å². The van der Waals surface area contributed by atoms with Crippen LogP contribution in [0, 0.1) is 5.82 Å². The van der Waals surface area contributed by atoms with Gasteiger partial charge < -0.3 is 9.88 Å². The van der Waals surface area contributed by atoms with Crippen LogP contribution < -0.4 is 9.62 Å². The molecule has 1 aliphatic heterocycles. The predicted octanol–water partition coefficient (Wildman–Crippen LogP) is 3.17. The van der Waals surface area contributed by atoms with Crippen LogP contribution in [0.4, 0.5) is 15.8 Å². The molecule has 0 saturated heterocycles. The highest BCUT2D eigenvalue weighted by atomic mass is 32.2. The smallest absolute Gasteiger partial charge is 0.272 e. The molecule has 0 bridgehead atoms. The van der Waals surface area contributed by atoms with E-state index in [9.17, 15) is 17.6 Å². The molecule has 8 heteroatoms. The van der Waals surface area contributed by atoms with Crippen LogP contribution in [0.2, 0.25) is 0 Å². The Morgan fingerprint density at radius 2 is 1.82 bits per heavy atom. The highest BCUT2D eigenvalue weighted by molar-refractivity contribution is 7.92. The first-order chi connectivity index (χ1) is 13.4. The third-order valence-corrected chi connectivity index (χ3v) is 6.55. The Kier molecular flexibility index (Phi) is 4.43. The lowest BCUT2D eigenvalue weighted by Crippen LogP contribution is -2.28. The van der Waals surface area contributed by atoms with Crippen LogP contribution in [0.3, 0.4) is 0 Å². The second kappa shape index (κ2) is 6.79. The van der Waals surface area contributed by atoms with Crippen LogP contribution in [0.1, 0.15) is 16.1 Å². The van der Waals surface area contributed by atoms with Gasteiger partial charge in [0.15, 0.2) is 0 Å². The van der Waals surface area contributed by atoms with Crippen LogP contribution in [0.5, 0.6) is 0 Å². The quantitative estimate of drug-likeness (QED) is 0.733. The molecule has 0 saturated carbocycles. The molecule has 0 unspecified atom stereocenters. The van der Waals surface area contributed by atoms with Gasteiger partial charge in [-0.2, -0.15) is 0 Å². The maximum atomic E-state index is 13.8. The van der Waals surface area contributed by atoms with Crippen molar-refractivity contribution in [3.63, 3.8) is 0 Å². The fourth-order valence-corrected chi connectivity index (χ4v) is 4.91. The maximum Gasteiger partial charge on any atom is 0.272 e. The number of para-hydroxylation sites is 2. The van der Waals surface area contributed by atoms with Gasteiger partial charge in [-0.3, -0.25) is 9.10 Å². The van der Waals surface area contributed by atoms with E-state index in [2.05, 4.69) is 5.32 Å². The Labute approximate surface area is 162 Å². The van der Waals surface area contributed by atoms with E-state index in [0.29, 0.717) is 18.7 Å². The summed E-state index contributed by atoms with van der Waals surface area (Å²) in [6.45, 7) is 0.354. The monoisotopic (exact) mass is 399 g/mol. The minimum atomic E-state index is -3.81. The highest BCUT2D eigenvalue weighted by Gasteiger charge is 2.32. The van der Waals surface area contributed by atoms with Crippen molar-refractivity contribution in [1.29, 1.82) is 0 Å². The maximum absolute atomic E-state index is 13.8. The van der Waals surface area contributed by atoms with Crippen molar-refractivity contribution in [3.05, 3.63) is 77.9 Å². The van der Waals surface area contributed by atoms with Crippen molar-refractivity contribution in [3.8, 4) is 0 Å². The number of aryl methyl sites for hydroxylation is 1. The van der Waals surface area contributed by atoms with Gasteiger partial charge in [0.2, 0.25) is 0 Å². The first kappa shape index (κ1) is 18.2. The van der Waals surface area contributed by atoms with Gasteiger partial charge in [0, 0.05) is 19.8 Å². The predicted molar refractivity (Wildman–Crippen MR) is 104 cm³/mol. The van der Waals surface area contributed by atoms with E-state index >= 15 is 0 Å². The summed E-state index contributed by atoms with van der Waals surface area (Å²) in [6.07, 6.45) is 2.04. The van der Waals surface area contributed by atoms with E-state index < -0.39 is 21.7 Å².